The zero-order valence-electron chi connectivity index (χ0n) is 22.3. The first-order valence-corrected chi connectivity index (χ1v) is 13.9. The van der Waals surface area contributed by atoms with Crippen LogP contribution in [0.1, 0.15) is 49.5 Å². The van der Waals surface area contributed by atoms with Gasteiger partial charge in [0.1, 0.15) is 23.3 Å². The van der Waals surface area contributed by atoms with Crippen LogP contribution in [-0.4, -0.2) is 66.0 Å². The number of allylic oxidation sites excluding steroid dienone is 2. The second-order valence-corrected chi connectivity index (χ2v) is 10.8. The predicted molar refractivity (Wildman–Crippen MR) is 157 cm³/mol. The first-order chi connectivity index (χ1) is 18.1. The Morgan fingerprint density at radius 2 is 1.18 bits per heavy atom. The van der Waals surface area contributed by atoms with Gasteiger partial charge in [0, 0.05) is 70.8 Å². The van der Waals surface area contributed by atoms with Crippen LogP contribution in [-0.2, 0) is 22.7 Å². The lowest BCUT2D eigenvalue weighted by Crippen LogP contribution is -2.24. The summed E-state index contributed by atoms with van der Waals surface area (Å²) in [6.07, 6.45) is 5.00. The minimum atomic E-state index is -0.161. The summed E-state index contributed by atoms with van der Waals surface area (Å²) in [5, 5.41) is 19.3. The third kappa shape index (κ3) is 9.97. The van der Waals surface area contributed by atoms with E-state index in [-0.39, 0.29) is 63.2 Å². The van der Waals surface area contributed by atoms with Crippen molar-refractivity contribution in [3.63, 3.8) is 0 Å². The summed E-state index contributed by atoms with van der Waals surface area (Å²) < 4.78 is 0. The number of hydrogen-bond donors (Lipinski definition) is 4. The Hall–Kier alpha value is -2.91. The first kappa shape index (κ1) is 34.1. The number of amides is 2. The van der Waals surface area contributed by atoms with E-state index in [1.165, 1.54) is 31.4 Å². The van der Waals surface area contributed by atoms with Gasteiger partial charge >= 0.3 is 0 Å². The number of aliphatic hydroxyl groups excluding tert-OH is 2. The van der Waals surface area contributed by atoms with E-state index in [1.54, 1.807) is 26.2 Å². The standard InChI is InChI=1S/C24H34N8O4S2.ClH/c1-15(21(5-7-33)31(13-35)11-19-9-27-17(3)29-23(19)25)37-38-16(2)22(6-8-34)32(14-36)12-20-10-28-18(4)30-24(20)26;/h9-10,13-14,33-34H,5-8,11-12H2,1-4H3,(H2,25,27,29)(H2,26,28,30);1H/b21-15+,22-16+;. The molecule has 12 nitrogen and oxygen atoms in total. The number of carbonyl (C=O) groups is 2. The van der Waals surface area contributed by atoms with Crippen molar-refractivity contribution in [3.05, 3.63) is 56.4 Å². The molecule has 2 rings (SSSR count). The smallest absolute Gasteiger partial charge is 0.214 e. The van der Waals surface area contributed by atoms with E-state index >= 15 is 0 Å². The van der Waals surface area contributed by atoms with E-state index in [4.69, 9.17) is 11.5 Å². The Balaban J connectivity index is 0.00000760. The average molecular weight is 599 g/mol. The van der Waals surface area contributed by atoms with Crippen LogP contribution >= 0.6 is 34.0 Å². The molecule has 0 aliphatic rings. The topological polar surface area (TPSA) is 185 Å². The number of halogens is 1. The van der Waals surface area contributed by atoms with Gasteiger partial charge in [-0.1, -0.05) is 21.6 Å². The predicted octanol–water partition coefficient (Wildman–Crippen LogP) is 2.70. The number of nitrogens with zero attached hydrogens (tertiary/aromatic N) is 6. The molecule has 0 aliphatic heterocycles. The molecule has 0 atom stereocenters. The van der Waals surface area contributed by atoms with E-state index in [2.05, 4.69) is 19.9 Å². The SMILES string of the molecule is C/C(SS/C(C)=C(\CCO)N(C=O)Cc1cnc(C)nc1N)=C(/CCO)N(C=O)Cc1cnc(C)nc1N.Cl. The number of aromatic nitrogens is 4. The molecule has 0 radical (unpaired) electrons. The van der Waals surface area contributed by atoms with E-state index in [9.17, 15) is 19.8 Å². The van der Waals surface area contributed by atoms with Crippen LogP contribution < -0.4 is 11.5 Å². The summed E-state index contributed by atoms with van der Waals surface area (Å²) in [6.45, 7) is 7.11. The number of anilines is 2. The van der Waals surface area contributed by atoms with Gasteiger partial charge in [0.05, 0.1) is 13.1 Å². The lowest BCUT2D eigenvalue weighted by molar-refractivity contribution is -0.117. The summed E-state index contributed by atoms with van der Waals surface area (Å²) in [7, 11) is 2.76. The van der Waals surface area contributed by atoms with E-state index < -0.39 is 0 Å². The van der Waals surface area contributed by atoms with Crippen molar-refractivity contribution >= 4 is 58.5 Å². The van der Waals surface area contributed by atoms with Gasteiger partial charge in [-0.15, -0.1) is 12.4 Å². The van der Waals surface area contributed by atoms with Crippen LogP contribution in [0.25, 0.3) is 0 Å². The molecule has 0 aliphatic carbocycles. The van der Waals surface area contributed by atoms with Crippen molar-refractivity contribution in [2.45, 2.75) is 53.6 Å². The fourth-order valence-corrected chi connectivity index (χ4v) is 5.71. The molecule has 2 aromatic rings. The van der Waals surface area contributed by atoms with Crippen LogP contribution in [0.3, 0.4) is 0 Å². The zero-order chi connectivity index (χ0) is 28.2. The summed E-state index contributed by atoms with van der Waals surface area (Å²) in [5.74, 6) is 1.63. The van der Waals surface area contributed by atoms with Crippen molar-refractivity contribution in [2.75, 3.05) is 24.7 Å². The number of aliphatic hydroxyl groups is 2. The van der Waals surface area contributed by atoms with Gasteiger partial charge in [0.15, 0.2) is 0 Å². The molecule has 2 aromatic heterocycles. The molecule has 0 fully saturated rings. The maximum Gasteiger partial charge on any atom is 0.214 e. The second kappa shape index (κ2) is 16.9. The summed E-state index contributed by atoms with van der Waals surface area (Å²) >= 11 is 0. The quantitative estimate of drug-likeness (QED) is 0.174. The minimum Gasteiger partial charge on any atom is -0.396 e. The zero-order valence-corrected chi connectivity index (χ0v) is 24.8. The van der Waals surface area contributed by atoms with Crippen molar-refractivity contribution in [1.29, 1.82) is 0 Å². The van der Waals surface area contributed by atoms with E-state index in [0.717, 1.165) is 9.81 Å². The Morgan fingerprint density at radius 3 is 1.46 bits per heavy atom. The van der Waals surface area contributed by atoms with Gasteiger partial charge in [0.2, 0.25) is 12.8 Å². The van der Waals surface area contributed by atoms with E-state index in [1.807, 2.05) is 13.8 Å². The molecule has 39 heavy (non-hydrogen) atoms. The summed E-state index contributed by atoms with van der Waals surface area (Å²) in [5.41, 5.74) is 14.4. The molecule has 0 spiro atoms. The summed E-state index contributed by atoms with van der Waals surface area (Å²) in [6, 6.07) is 0. The molecule has 0 saturated heterocycles. The Labute approximate surface area is 242 Å². The van der Waals surface area contributed by atoms with Gasteiger partial charge in [-0.05, 0) is 27.7 Å². The number of aryl methyl sites for hydroxylation is 2. The largest absolute Gasteiger partial charge is 0.396 e. The summed E-state index contributed by atoms with van der Waals surface area (Å²) in [4.78, 5) is 45.1. The van der Waals surface area contributed by atoms with Crippen molar-refractivity contribution < 1.29 is 19.8 Å². The Morgan fingerprint density at radius 1 is 0.821 bits per heavy atom. The van der Waals surface area contributed by atoms with Crippen molar-refractivity contribution in [3.8, 4) is 0 Å². The Bertz CT molecular complexity index is 1110. The highest BCUT2D eigenvalue weighted by molar-refractivity contribution is 8.79. The fourth-order valence-electron chi connectivity index (χ4n) is 3.50. The third-order valence-corrected chi connectivity index (χ3v) is 8.27. The highest BCUT2D eigenvalue weighted by Gasteiger charge is 2.18. The lowest BCUT2D eigenvalue weighted by Gasteiger charge is -2.25. The molecule has 0 unspecified atom stereocenters. The number of rotatable bonds is 15. The maximum absolute atomic E-state index is 12.0. The van der Waals surface area contributed by atoms with E-state index in [0.29, 0.717) is 47.0 Å². The van der Waals surface area contributed by atoms with Gasteiger partial charge in [-0.25, -0.2) is 19.9 Å². The maximum atomic E-state index is 12.0. The lowest BCUT2D eigenvalue weighted by atomic mass is 10.2. The third-order valence-electron chi connectivity index (χ3n) is 5.47. The number of carbonyl (C=O) groups excluding carboxylic acids is 2. The monoisotopic (exact) mass is 598 g/mol. The molecule has 15 heteroatoms. The van der Waals surface area contributed by atoms with Crippen LogP contribution in [0.2, 0.25) is 0 Å². The highest BCUT2D eigenvalue weighted by atomic mass is 35.5. The molecule has 0 bridgehead atoms. The number of nitrogens with two attached hydrogens (primary N) is 2. The Kier molecular flexibility index (Phi) is 14.8. The van der Waals surface area contributed by atoms with Gasteiger partial charge in [-0.3, -0.25) is 9.59 Å². The van der Waals surface area contributed by atoms with Gasteiger partial charge in [0.25, 0.3) is 0 Å². The molecule has 2 amide bonds. The molecule has 2 heterocycles. The van der Waals surface area contributed by atoms with Gasteiger partial charge in [-0.2, -0.15) is 0 Å². The average Bonchev–Trinajstić information content (AvgIpc) is 2.88. The molecule has 0 saturated carbocycles. The van der Waals surface area contributed by atoms with Crippen LogP contribution in [0, 0.1) is 13.8 Å². The molecule has 214 valence electrons. The van der Waals surface area contributed by atoms with Crippen LogP contribution in [0.15, 0.2) is 33.6 Å². The molecular formula is C24H35ClN8O4S2. The minimum absolute atomic E-state index is 0. The van der Waals surface area contributed by atoms with Crippen LogP contribution in [0.5, 0.6) is 0 Å². The van der Waals surface area contributed by atoms with Crippen molar-refractivity contribution in [1.82, 2.24) is 29.7 Å². The molecular weight excluding hydrogens is 564 g/mol. The number of nitrogen functional groups attached to an aromatic ring is 2. The van der Waals surface area contributed by atoms with Crippen molar-refractivity contribution in [2.24, 2.45) is 0 Å². The second-order valence-electron chi connectivity index (χ2n) is 8.24. The molecule has 6 N–H and O–H groups in total. The highest BCUT2D eigenvalue weighted by Crippen LogP contribution is 2.41. The number of hydrogen-bond acceptors (Lipinski definition) is 12. The van der Waals surface area contributed by atoms with Crippen LogP contribution in [0.4, 0.5) is 11.6 Å². The van der Waals surface area contributed by atoms with Gasteiger partial charge < -0.3 is 31.5 Å². The fraction of sp³-hybridized carbons (Fsp3) is 0.417. The normalized spacial score (nSPS) is 12.2. The first-order valence-electron chi connectivity index (χ1n) is 11.7. The molecule has 0 aromatic carbocycles.